The van der Waals surface area contributed by atoms with Crippen molar-refractivity contribution in [3.05, 3.63) is 38.5 Å². The molecule has 0 aliphatic rings. The number of thiophene rings is 1. The summed E-state index contributed by atoms with van der Waals surface area (Å²) in [5.41, 5.74) is 9.35. The number of hydrogen-bond donors (Lipinski definition) is 2. The van der Waals surface area contributed by atoms with Gasteiger partial charge in [-0.2, -0.15) is 0 Å². The summed E-state index contributed by atoms with van der Waals surface area (Å²) in [5, 5.41) is 0. The van der Waals surface area contributed by atoms with E-state index in [0.29, 0.717) is 15.2 Å². The summed E-state index contributed by atoms with van der Waals surface area (Å²) >= 11 is 13.4. The van der Waals surface area contributed by atoms with Crippen LogP contribution in [0.4, 0.5) is 0 Å². The molecule has 3 nitrogen and oxygen atoms in total. The molecule has 0 radical (unpaired) electrons. The maximum Gasteiger partial charge on any atom is 0.140 e. The lowest BCUT2D eigenvalue weighted by Crippen LogP contribution is -1.95. The number of rotatable bonds is 2. The van der Waals surface area contributed by atoms with Crippen molar-refractivity contribution in [3.63, 3.8) is 0 Å². The number of hydrogen-bond acceptors (Lipinski definition) is 3. The zero-order valence-corrected chi connectivity index (χ0v) is 11.5. The molecule has 0 atom stereocenters. The van der Waals surface area contributed by atoms with Gasteiger partial charge in [-0.3, -0.25) is 0 Å². The molecule has 2 aromatic heterocycles. The predicted molar refractivity (Wildman–Crippen MR) is 77.3 cm³/mol. The number of fused-ring (bicyclic) bond motifs is 1. The molecular formula is C12H9Cl2N3S. The van der Waals surface area contributed by atoms with Gasteiger partial charge in [0.15, 0.2) is 0 Å². The van der Waals surface area contributed by atoms with Crippen LogP contribution >= 0.6 is 34.5 Å². The summed E-state index contributed by atoms with van der Waals surface area (Å²) < 4.78 is 1.29. The van der Waals surface area contributed by atoms with Crippen LogP contribution in [0.3, 0.4) is 0 Å². The second-order valence-corrected chi connectivity index (χ2v) is 6.16. The first-order valence-electron chi connectivity index (χ1n) is 5.31. The van der Waals surface area contributed by atoms with Crippen LogP contribution in [0.2, 0.25) is 8.67 Å². The molecule has 0 saturated carbocycles. The van der Waals surface area contributed by atoms with Crippen LogP contribution in [0.1, 0.15) is 5.56 Å². The Morgan fingerprint density at radius 2 is 2.11 bits per heavy atom. The number of benzene rings is 1. The normalized spacial score (nSPS) is 11.3. The first-order chi connectivity index (χ1) is 8.67. The van der Waals surface area contributed by atoms with Gasteiger partial charge in [-0.1, -0.05) is 29.3 Å². The van der Waals surface area contributed by atoms with Crippen molar-refractivity contribution in [2.24, 2.45) is 5.73 Å². The standard InChI is InChI=1S/C12H9Cl2N3S/c13-10-4-7(11(14)18-10)12-16-8-2-1-6(5-15)3-9(8)17-12/h1-4H,5,15H2,(H,16,17). The van der Waals surface area contributed by atoms with Gasteiger partial charge in [0.1, 0.15) is 10.2 Å². The average Bonchev–Trinajstić information content (AvgIpc) is 2.90. The molecule has 0 fully saturated rings. The van der Waals surface area contributed by atoms with Gasteiger partial charge in [-0.25, -0.2) is 4.98 Å². The van der Waals surface area contributed by atoms with Crippen molar-refractivity contribution in [2.75, 3.05) is 0 Å². The van der Waals surface area contributed by atoms with E-state index >= 15 is 0 Å². The zero-order chi connectivity index (χ0) is 12.7. The van der Waals surface area contributed by atoms with Crippen LogP contribution in [0.25, 0.3) is 22.4 Å². The van der Waals surface area contributed by atoms with Gasteiger partial charge in [-0.15, -0.1) is 11.3 Å². The molecule has 3 rings (SSSR count). The first kappa shape index (κ1) is 12.0. The SMILES string of the molecule is NCc1ccc2nc(-c3cc(Cl)sc3Cl)[nH]c2c1. The van der Waals surface area contributed by atoms with Gasteiger partial charge in [0.05, 0.1) is 15.4 Å². The maximum atomic E-state index is 6.12. The van der Waals surface area contributed by atoms with E-state index in [9.17, 15) is 0 Å². The Morgan fingerprint density at radius 3 is 2.78 bits per heavy atom. The number of aromatic amines is 1. The van der Waals surface area contributed by atoms with Crippen molar-refractivity contribution in [3.8, 4) is 11.4 Å². The summed E-state index contributed by atoms with van der Waals surface area (Å²) in [4.78, 5) is 7.74. The van der Waals surface area contributed by atoms with Gasteiger partial charge in [-0.05, 0) is 23.8 Å². The lowest BCUT2D eigenvalue weighted by molar-refractivity contribution is 1.07. The number of imidazole rings is 1. The Labute approximate surface area is 118 Å². The second kappa shape index (κ2) is 4.55. The van der Waals surface area contributed by atoms with Crippen LogP contribution in [-0.4, -0.2) is 9.97 Å². The average molecular weight is 298 g/mol. The molecule has 6 heteroatoms. The molecular weight excluding hydrogens is 289 g/mol. The molecule has 18 heavy (non-hydrogen) atoms. The molecule has 92 valence electrons. The minimum Gasteiger partial charge on any atom is -0.338 e. The lowest BCUT2D eigenvalue weighted by atomic mass is 10.2. The minimum absolute atomic E-state index is 0.509. The quantitative estimate of drug-likeness (QED) is 0.749. The van der Waals surface area contributed by atoms with E-state index in [4.69, 9.17) is 28.9 Å². The summed E-state index contributed by atoms with van der Waals surface area (Å²) in [6.45, 7) is 0.509. The van der Waals surface area contributed by atoms with E-state index in [1.165, 1.54) is 11.3 Å². The van der Waals surface area contributed by atoms with Gasteiger partial charge in [0.2, 0.25) is 0 Å². The van der Waals surface area contributed by atoms with E-state index in [1.807, 2.05) is 24.3 Å². The van der Waals surface area contributed by atoms with E-state index in [1.54, 1.807) is 0 Å². The Bertz CT molecular complexity index is 717. The summed E-state index contributed by atoms with van der Waals surface area (Å²) in [6.07, 6.45) is 0. The monoisotopic (exact) mass is 297 g/mol. The van der Waals surface area contributed by atoms with Gasteiger partial charge < -0.3 is 10.7 Å². The number of aromatic nitrogens is 2. The fourth-order valence-electron chi connectivity index (χ4n) is 1.81. The number of halogens is 2. The largest absolute Gasteiger partial charge is 0.338 e. The van der Waals surface area contributed by atoms with Gasteiger partial charge in [0, 0.05) is 12.1 Å². The molecule has 3 aromatic rings. The molecule has 1 aromatic carbocycles. The second-order valence-electron chi connectivity index (χ2n) is 3.88. The molecule has 0 amide bonds. The molecule has 3 N–H and O–H groups in total. The van der Waals surface area contributed by atoms with Gasteiger partial charge in [0.25, 0.3) is 0 Å². The van der Waals surface area contributed by atoms with E-state index in [-0.39, 0.29) is 0 Å². The summed E-state index contributed by atoms with van der Waals surface area (Å²) in [7, 11) is 0. The third-order valence-electron chi connectivity index (χ3n) is 2.69. The molecule has 0 aliphatic heterocycles. The van der Waals surface area contributed by atoms with Crippen molar-refractivity contribution in [1.29, 1.82) is 0 Å². The highest BCUT2D eigenvalue weighted by Crippen LogP contribution is 2.37. The van der Waals surface area contributed by atoms with Crippen molar-refractivity contribution < 1.29 is 0 Å². The highest BCUT2D eigenvalue weighted by molar-refractivity contribution is 7.20. The Kier molecular flexibility index (Phi) is 3.03. The zero-order valence-electron chi connectivity index (χ0n) is 9.21. The fourth-order valence-corrected chi connectivity index (χ4v) is 3.28. The number of nitrogens with zero attached hydrogens (tertiary/aromatic N) is 1. The molecule has 0 saturated heterocycles. The highest BCUT2D eigenvalue weighted by atomic mass is 35.5. The van der Waals surface area contributed by atoms with Gasteiger partial charge >= 0.3 is 0 Å². The van der Waals surface area contributed by atoms with Crippen LogP contribution < -0.4 is 5.73 Å². The smallest absolute Gasteiger partial charge is 0.140 e. The van der Waals surface area contributed by atoms with E-state index < -0.39 is 0 Å². The fraction of sp³-hybridized carbons (Fsp3) is 0.0833. The van der Waals surface area contributed by atoms with Crippen LogP contribution in [0.5, 0.6) is 0 Å². The maximum absolute atomic E-state index is 6.12. The lowest BCUT2D eigenvalue weighted by Gasteiger charge is -1.94. The molecule has 0 spiro atoms. The topological polar surface area (TPSA) is 54.7 Å². The molecule has 0 aliphatic carbocycles. The van der Waals surface area contributed by atoms with Crippen LogP contribution in [0.15, 0.2) is 24.3 Å². The van der Waals surface area contributed by atoms with Crippen LogP contribution in [0, 0.1) is 0 Å². The molecule has 2 heterocycles. The third-order valence-corrected chi connectivity index (χ3v) is 4.18. The molecule has 0 unspecified atom stereocenters. The van der Waals surface area contributed by atoms with Crippen molar-refractivity contribution >= 4 is 45.6 Å². The summed E-state index contributed by atoms with van der Waals surface area (Å²) in [6, 6.07) is 7.72. The van der Waals surface area contributed by atoms with Crippen molar-refractivity contribution in [2.45, 2.75) is 6.54 Å². The Hall–Kier alpha value is -1.07. The molecule has 0 bridgehead atoms. The summed E-state index contributed by atoms with van der Waals surface area (Å²) in [5.74, 6) is 0.729. The third kappa shape index (κ3) is 2.01. The predicted octanol–water partition coefficient (Wildman–Crippen LogP) is 4.06. The Morgan fingerprint density at radius 1 is 1.28 bits per heavy atom. The van der Waals surface area contributed by atoms with E-state index in [2.05, 4.69) is 9.97 Å². The first-order valence-corrected chi connectivity index (χ1v) is 6.88. The Balaban J connectivity index is 2.16. The highest BCUT2D eigenvalue weighted by Gasteiger charge is 2.12. The van der Waals surface area contributed by atoms with Crippen LogP contribution in [-0.2, 0) is 6.54 Å². The number of H-pyrrole nitrogens is 1. The number of nitrogens with two attached hydrogens (primary N) is 1. The van der Waals surface area contributed by atoms with E-state index in [0.717, 1.165) is 28.0 Å². The van der Waals surface area contributed by atoms with Crippen molar-refractivity contribution in [1.82, 2.24) is 9.97 Å². The number of nitrogens with one attached hydrogen (secondary N) is 1. The minimum atomic E-state index is 0.509.